The molecule has 0 fully saturated rings. The van der Waals surface area contributed by atoms with Crippen molar-refractivity contribution in [2.24, 2.45) is 5.92 Å². The van der Waals surface area contributed by atoms with E-state index in [4.69, 9.17) is 9.84 Å². The van der Waals surface area contributed by atoms with E-state index in [1.165, 1.54) is 6.08 Å². The van der Waals surface area contributed by atoms with Crippen LogP contribution in [-0.4, -0.2) is 29.6 Å². The van der Waals surface area contributed by atoms with Crippen LogP contribution in [0.25, 0.3) is 6.08 Å². The zero-order chi connectivity index (χ0) is 16.5. The maximum atomic E-state index is 11.8. The number of carbonyl (C=O) groups excluding carboxylic acids is 1. The quantitative estimate of drug-likeness (QED) is 0.724. The van der Waals surface area contributed by atoms with Crippen molar-refractivity contribution in [1.29, 1.82) is 0 Å². The van der Waals surface area contributed by atoms with Gasteiger partial charge in [0.25, 0.3) is 0 Å². The highest BCUT2D eigenvalue weighted by Gasteiger charge is 2.19. The van der Waals surface area contributed by atoms with Gasteiger partial charge in [-0.2, -0.15) is 0 Å². The first-order valence-electron chi connectivity index (χ1n) is 7.36. The van der Waals surface area contributed by atoms with Crippen LogP contribution in [0.1, 0.15) is 32.8 Å². The second-order valence-corrected chi connectivity index (χ2v) is 5.36. The lowest BCUT2D eigenvalue weighted by molar-refractivity contribution is -0.141. The minimum Gasteiger partial charge on any atom is -0.494 e. The van der Waals surface area contributed by atoms with Gasteiger partial charge in [0.15, 0.2) is 0 Å². The SMILES string of the molecule is CCOc1ccc(/C=C/C(=O)NC(CC(C)C)C(=O)O)cc1. The third kappa shape index (κ3) is 6.43. The summed E-state index contributed by atoms with van der Waals surface area (Å²) in [6.45, 7) is 6.34. The maximum Gasteiger partial charge on any atom is 0.326 e. The molecule has 0 saturated heterocycles. The Morgan fingerprint density at radius 3 is 2.41 bits per heavy atom. The summed E-state index contributed by atoms with van der Waals surface area (Å²) in [5.41, 5.74) is 0.842. The number of rotatable bonds is 8. The van der Waals surface area contributed by atoms with Crippen LogP contribution < -0.4 is 10.1 Å². The van der Waals surface area contributed by atoms with E-state index in [0.717, 1.165) is 11.3 Å². The highest BCUT2D eigenvalue weighted by molar-refractivity contribution is 5.94. The smallest absolute Gasteiger partial charge is 0.326 e. The van der Waals surface area contributed by atoms with Gasteiger partial charge in [-0.05, 0) is 43.0 Å². The van der Waals surface area contributed by atoms with Gasteiger partial charge < -0.3 is 15.2 Å². The summed E-state index contributed by atoms with van der Waals surface area (Å²) >= 11 is 0. The van der Waals surface area contributed by atoms with E-state index < -0.39 is 17.9 Å². The van der Waals surface area contributed by atoms with E-state index in [9.17, 15) is 9.59 Å². The highest BCUT2D eigenvalue weighted by atomic mass is 16.5. The molecule has 0 bridgehead atoms. The van der Waals surface area contributed by atoms with Crippen molar-refractivity contribution < 1.29 is 19.4 Å². The summed E-state index contributed by atoms with van der Waals surface area (Å²) in [7, 11) is 0. The number of ether oxygens (including phenoxy) is 1. The average Bonchev–Trinajstić information content (AvgIpc) is 2.45. The van der Waals surface area contributed by atoms with Crippen molar-refractivity contribution >= 4 is 18.0 Å². The van der Waals surface area contributed by atoms with Crippen molar-refractivity contribution in [2.75, 3.05) is 6.61 Å². The Morgan fingerprint density at radius 1 is 1.27 bits per heavy atom. The molecule has 1 atom stereocenters. The third-order valence-corrected chi connectivity index (χ3v) is 2.94. The molecule has 0 saturated carbocycles. The van der Waals surface area contributed by atoms with Crippen molar-refractivity contribution in [3.8, 4) is 5.75 Å². The predicted molar refractivity (Wildman–Crippen MR) is 85.7 cm³/mol. The minimum atomic E-state index is -1.02. The molecule has 1 aromatic rings. The van der Waals surface area contributed by atoms with Gasteiger partial charge in [0.1, 0.15) is 11.8 Å². The molecule has 0 radical (unpaired) electrons. The van der Waals surface area contributed by atoms with Crippen LogP contribution in [0.4, 0.5) is 0 Å². The second kappa shape index (κ2) is 8.87. The maximum absolute atomic E-state index is 11.8. The lowest BCUT2D eigenvalue weighted by Crippen LogP contribution is -2.40. The summed E-state index contributed by atoms with van der Waals surface area (Å²) in [6, 6.07) is 6.44. The third-order valence-electron chi connectivity index (χ3n) is 2.94. The van der Waals surface area contributed by atoms with E-state index in [1.54, 1.807) is 6.08 Å². The Bertz CT molecular complexity index is 520. The normalized spacial score (nSPS) is 12.4. The monoisotopic (exact) mass is 305 g/mol. The number of amides is 1. The van der Waals surface area contributed by atoms with Crippen LogP contribution in [0, 0.1) is 5.92 Å². The zero-order valence-electron chi connectivity index (χ0n) is 13.2. The average molecular weight is 305 g/mol. The minimum absolute atomic E-state index is 0.191. The Morgan fingerprint density at radius 2 is 1.91 bits per heavy atom. The first-order chi connectivity index (χ1) is 10.4. The van der Waals surface area contributed by atoms with Gasteiger partial charge in [0.05, 0.1) is 6.61 Å². The van der Waals surface area contributed by atoms with Gasteiger partial charge in [-0.15, -0.1) is 0 Å². The molecule has 1 aromatic carbocycles. The lowest BCUT2D eigenvalue weighted by Gasteiger charge is -2.15. The van der Waals surface area contributed by atoms with E-state index in [0.29, 0.717) is 13.0 Å². The summed E-state index contributed by atoms with van der Waals surface area (Å²) in [6.07, 6.45) is 3.38. The van der Waals surface area contributed by atoms with E-state index in [2.05, 4.69) is 5.32 Å². The Kier molecular flexibility index (Phi) is 7.16. The van der Waals surface area contributed by atoms with Crippen molar-refractivity contribution in [2.45, 2.75) is 33.2 Å². The molecule has 0 aromatic heterocycles. The van der Waals surface area contributed by atoms with Crippen LogP contribution in [0.15, 0.2) is 30.3 Å². The van der Waals surface area contributed by atoms with Gasteiger partial charge in [0.2, 0.25) is 5.91 Å². The van der Waals surface area contributed by atoms with Crippen LogP contribution in [0.3, 0.4) is 0 Å². The number of carboxylic acids is 1. The molecule has 0 spiro atoms. The number of nitrogens with one attached hydrogen (secondary N) is 1. The van der Waals surface area contributed by atoms with Gasteiger partial charge in [-0.3, -0.25) is 4.79 Å². The largest absolute Gasteiger partial charge is 0.494 e. The van der Waals surface area contributed by atoms with E-state index in [-0.39, 0.29) is 5.92 Å². The molecule has 0 aliphatic heterocycles. The molecule has 0 heterocycles. The van der Waals surface area contributed by atoms with Crippen LogP contribution >= 0.6 is 0 Å². The van der Waals surface area contributed by atoms with Crippen molar-refractivity contribution in [1.82, 2.24) is 5.32 Å². The number of carboxylic acid groups (broad SMARTS) is 1. The standard InChI is InChI=1S/C17H23NO4/c1-4-22-14-8-5-13(6-9-14)7-10-16(19)18-15(17(20)21)11-12(2)3/h5-10,12,15H,4,11H2,1-3H3,(H,18,19)(H,20,21)/b10-7+. The summed E-state index contributed by atoms with van der Waals surface area (Å²) in [5, 5.41) is 11.6. The van der Waals surface area contributed by atoms with Gasteiger partial charge in [-0.25, -0.2) is 4.79 Å². The van der Waals surface area contributed by atoms with Crippen LogP contribution in [-0.2, 0) is 9.59 Å². The number of benzene rings is 1. The molecular formula is C17H23NO4. The molecule has 1 unspecified atom stereocenters. The Balaban J connectivity index is 2.60. The van der Waals surface area contributed by atoms with Crippen molar-refractivity contribution in [3.63, 3.8) is 0 Å². The Hall–Kier alpha value is -2.30. The van der Waals surface area contributed by atoms with Gasteiger partial charge in [-0.1, -0.05) is 26.0 Å². The molecular weight excluding hydrogens is 282 g/mol. The first kappa shape index (κ1) is 17.8. The number of hydrogen-bond acceptors (Lipinski definition) is 3. The molecule has 1 rings (SSSR count). The zero-order valence-corrected chi connectivity index (χ0v) is 13.2. The highest BCUT2D eigenvalue weighted by Crippen LogP contribution is 2.13. The molecule has 5 heteroatoms. The molecule has 2 N–H and O–H groups in total. The predicted octanol–water partition coefficient (Wildman–Crippen LogP) is 2.71. The topological polar surface area (TPSA) is 75.6 Å². The molecule has 0 aliphatic rings. The fraction of sp³-hybridized carbons (Fsp3) is 0.412. The van der Waals surface area contributed by atoms with Crippen LogP contribution in [0.5, 0.6) is 5.75 Å². The Labute approximate surface area is 131 Å². The fourth-order valence-corrected chi connectivity index (χ4v) is 1.93. The molecule has 22 heavy (non-hydrogen) atoms. The van der Waals surface area contributed by atoms with Crippen molar-refractivity contribution in [3.05, 3.63) is 35.9 Å². The summed E-state index contributed by atoms with van der Waals surface area (Å²) < 4.78 is 5.33. The van der Waals surface area contributed by atoms with Gasteiger partial charge >= 0.3 is 5.97 Å². The number of aliphatic carboxylic acids is 1. The van der Waals surface area contributed by atoms with E-state index in [1.807, 2.05) is 45.0 Å². The molecule has 120 valence electrons. The summed E-state index contributed by atoms with van der Waals surface area (Å²) in [4.78, 5) is 22.9. The lowest BCUT2D eigenvalue weighted by atomic mass is 10.0. The second-order valence-electron chi connectivity index (χ2n) is 5.36. The van der Waals surface area contributed by atoms with E-state index >= 15 is 0 Å². The number of hydrogen-bond donors (Lipinski definition) is 2. The molecule has 0 aliphatic carbocycles. The molecule has 5 nitrogen and oxygen atoms in total. The van der Waals surface area contributed by atoms with Crippen LogP contribution in [0.2, 0.25) is 0 Å². The molecule has 1 amide bonds. The first-order valence-corrected chi connectivity index (χ1v) is 7.36. The van der Waals surface area contributed by atoms with Gasteiger partial charge in [0, 0.05) is 6.08 Å². The fourth-order valence-electron chi connectivity index (χ4n) is 1.93. The summed E-state index contributed by atoms with van der Waals surface area (Å²) in [5.74, 6) is -0.470. The number of carbonyl (C=O) groups is 2.